The van der Waals surface area contributed by atoms with Crippen molar-refractivity contribution in [3.63, 3.8) is 0 Å². The second kappa shape index (κ2) is 8.70. The molecule has 2 heterocycles. The third-order valence-corrected chi connectivity index (χ3v) is 6.91. The largest absolute Gasteiger partial charge is 0.385 e. The number of nitrogens with two attached hydrogens (primary N) is 1. The number of ether oxygens (including phenoxy) is 1. The summed E-state index contributed by atoms with van der Waals surface area (Å²) >= 11 is 0. The Bertz CT molecular complexity index is 499. The van der Waals surface area contributed by atoms with Crippen molar-refractivity contribution >= 4 is 11.8 Å². The van der Waals surface area contributed by atoms with Crippen molar-refractivity contribution in [3.8, 4) is 0 Å². The van der Waals surface area contributed by atoms with E-state index < -0.39 is 5.41 Å². The molecule has 2 saturated heterocycles. The number of hydrogen-bond acceptors (Lipinski definition) is 4. The number of likely N-dealkylation sites (tertiary alicyclic amines) is 2. The molecule has 0 aromatic rings. The Morgan fingerprint density at radius 3 is 2.38 bits per heavy atom. The highest BCUT2D eigenvalue weighted by Gasteiger charge is 2.42. The molecular formula is C20H35N3O3. The molecule has 0 spiro atoms. The molecule has 1 unspecified atom stereocenters. The maximum Gasteiger partial charge on any atom is 0.225 e. The minimum Gasteiger partial charge on any atom is -0.385 e. The summed E-state index contributed by atoms with van der Waals surface area (Å²) in [6, 6.07) is 0.462. The zero-order valence-corrected chi connectivity index (χ0v) is 16.3. The van der Waals surface area contributed by atoms with E-state index in [1.165, 1.54) is 12.8 Å². The summed E-state index contributed by atoms with van der Waals surface area (Å²) in [4.78, 5) is 29.4. The van der Waals surface area contributed by atoms with Gasteiger partial charge in [-0.15, -0.1) is 0 Å². The van der Waals surface area contributed by atoms with Gasteiger partial charge >= 0.3 is 0 Å². The molecule has 0 bridgehead atoms. The van der Waals surface area contributed by atoms with E-state index in [1.54, 1.807) is 7.11 Å². The molecule has 1 aliphatic carbocycles. The molecule has 0 aromatic carbocycles. The van der Waals surface area contributed by atoms with E-state index in [4.69, 9.17) is 10.5 Å². The number of nitrogens with zero attached hydrogens (tertiary/aromatic N) is 2. The third kappa shape index (κ3) is 4.22. The van der Waals surface area contributed by atoms with Gasteiger partial charge in [0, 0.05) is 45.3 Å². The van der Waals surface area contributed by atoms with Crippen LogP contribution in [0.5, 0.6) is 0 Å². The number of amides is 2. The van der Waals surface area contributed by atoms with Crippen LogP contribution in [0.25, 0.3) is 0 Å². The van der Waals surface area contributed by atoms with Gasteiger partial charge in [0.1, 0.15) is 0 Å². The second-order valence-corrected chi connectivity index (χ2v) is 8.50. The summed E-state index contributed by atoms with van der Waals surface area (Å²) in [5, 5.41) is 0. The molecule has 3 fully saturated rings. The highest BCUT2D eigenvalue weighted by atomic mass is 16.5. The van der Waals surface area contributed by atoms with Gasteiger partial charge in [0.15, 0.2) is 0 Å². The SMILES string of the molecule is COCCC1(C(N)=O)CCCN(C2CCN(C(=O)C3CCCC3)CC2)C1. The summed E-state index contributed by atoms with van der Waals surface area (Å²) in [7, 11) is 1.67. The number of rotatable bonds is 6. The molecule has 6 nitrogen and oxygen atoms in total. The minimum atomic E-state index is -0.453. The lowest BCUT2D eigenvalue weighted by Crippen LogP contribution is -2.56. The third-order valence-electron chi connectivity index (χ3n) is 6.91. The lowest BCUT2D eigenvalue weighted by molar-refractivity contribution is -0.137. The first-order chi connectivity index (χ1) is 12.6. The van der Waals surface area contributed by atoms with E-state index in [2.05, 4.69) is 9.80 Å². The highest BCUT2D eigenvalue weighted by molar-refractivity contribution is 5.81. The fraction of sp³-hybridized carbons (Fsp3) is 0.900. The molecule has 6 heteroatoms. The normalized spacial score (nSPS) is 29.2. The molecule has 3 rings (SSSR count). The maximum absolute atomic E-state index is 12.6. The standard InChI is InChI=1S/C20H35N3O3/c1-26-14-10-20(19(21)25)9-4-11-23(15-20)17-7-12-22(13-8-17)18(24)16-5-2-3-6-16/h16-17H,2-15H2,1H3,(H2,21,25). The minimum absolute atomic E-state index is 0.187. The lowest BCUT2D eigenvalue weighted by atomic mass is 9.76. The van der Waals surface area contributed by atoms with Crippen LogP contribution in [0.15, 0.2) is 0 Å². The van der Waals surface area contributed by atoms with E-state index in [0.717, 1.165) is 64.7 Å². The van der Waals surface area contributed by atoms with Crippen LogP contribution in [0.4, 0.5) is 0 Å². The molecule has 2 aliphatic heterocycles. The van der Waals surface area contributed by atoms with E-state index in [0.29, 0.717) is 25.0 Å². The van der Waals surface area contributed by atoms with Gasteiger partial charge in [0.2, 0.25) is 11.8 Å². The van der Waals surface area contributed by atoms with Crippen LogP contribution in [0.3, 0.4) is 0 Å². The molecule has 2 N–H and O–H groups in total. The maximum atomic E-state index is 12.6. The molecule has 1 saturated carbocycles. The fourth-order valence-electron chi connectivity index (χ4n) is 5.19. The molecule has 0 aromatic heterocycles. The van der Waals surface area contributed by atoms with Crippen LogP contribution in [-0.2, 0) is 14.3 Å². The van der Waals surface area contributed by atoms with Crippen LogP contribution in [0.1, 0.15) is 57.8 Å². The predicted octanol–water partition coefficient (Wildman–Crippen LogP) is 1.77. The summed E-state index contributed by atoms with van der Waals surface area (Å²) < 4.78 is 5.22. The number of carbonyl (C=O) groups is 2. The van der Waals surface area contributed by atoms with Crippen molar-refractivity contribution in [2.75, 3.05) is 39.9 Å². The molecule has 1 atom stereocenters. The van der Waals surface area contributed by atoms with Gasteiger partial charge < -0.3 is 15.4 Å². The molecule has 2 amide bonds. The van der Waals surface area contributed by atoms with Gasteiger partial charge in [-0.3, -0.25) is 14.5 Å². The van der Waals surface area contributed by atoms with Gasteiger partial charge in [0.05, 0.1) is 5.41 Å². The molecule has 148 valence electrons. The van der Waals surface area contributed by atoms with Gasteiger partial charge in [0.25, 0.3) is 0 Å². The fourth-order valence-corrected chi connectivity index (χ4v) is 5.19. The van der Waals surface area contributed by atoms with E-state index in [-0.39, 0.29) is 11.8 Å². The topological polar surface area (TPSA) is 75.9 Å². The van der Waals surface area contributed by atoms with Crippen molar-refractivity contribution in [1.29, 1.82) is 0 Å². The van der Waals surface area contributed by atoms with Crippen molar-refractivity contribution in [2.24, 2.45) is 17.1 Å². The Hall–Kier alpha value is -1.14. The summed E-state index contributed by atoms with van der Waals surface area (Å²) in [5.41, 5.74) is 5.34. The Balaban J connectivity index is 1.55. The lowest BCUT2D eigenvalue weighted by Gasteiger charge is -2.46. The Kier molecular flexibility index (Phi) is 6.56. The van der Waals surface area contributed by atoms with Crippen LogP contribution in [-0.4, -0.2) is 67.6 Å². The second-order valence-electron chi connectivity index (χ2n) is 8.50. The van der Waals surface area contributed by atoms with Crippen molar-refractivity contribution in [3.05, 3.63) is 0 Å². The Morgan fingerprint density at radius 1 is 1.08 bits per heavy atom. The van der Waals surface area contributed by atoms with Crippen molar-refractivity contribution in [1.82, 2.24) is 9.80 Å². The van der Waals surface area contributed by atoms with Crippen LogP contribution < -0.4 is 5.73 Å². The van der Waals surface area contributed by atoms with Gasteiger partial charge in [-0.2, -0.15) is 0 Å². The molecule has 26 heavy (non-hydrogen) atoms. The zero-order chi connectivity index (χ0) is 18.6. The van der Waals surface area contributed by atoms with Gasteiger partial charge in [-0.05, 0) is 51.5 Å². The van der Waals surface area contributed by atoms with E-state index in [1.807, 2.05) is 0 Å². The van der Waals surface area contributed by atoms with Crippen molar-refractivity contribution in [2.45, 2.75) is 63.8 Å². The molecular weight excluding hydrogens is 330 g/mol. The predicted molar refractivity (Wildman–Crippen MR) is 100 cm³/mol. The van der Waals surface area contributed by atoms with E-state index in [9.17, 15) is 9.59 Å². The molecule has 3 aliphatic rings. The Morgan fingerprint density at radius 2 is 1.77 bits per heavy atom. The number of hydrogen-bond donors (Lipinski definition) is 1. The number of methoxy groups -OCH3 is 1. The van der Waals surface area contributed by atoms with Crippen LogP contribution in [0, 0.1) is 11.3 Å². The highest BCUT2D eigenvalue weighted by Crippen LogP contribution is 2.36. The van der Waals surface area contributed by atoms with Gasteiger partial charge in [-0.1, -0.05) is 12.8 Å². The molecule has 0 radical (unpaired) electrons. The first-order valence-electron chi connectivity index (χ1n) is 10.4. The van der Waals surface area contributed by atoms with Gasteiger partial charge in [-0.25, -0.2) is 0 Å². The van der Waals surface area contributed by atoms with Crippen LogP contribution >= 0.6 is 0 Å². The zero-order valence-electron chi connectivity index (χ0n) is 16.3. The Labute approximate surface area is 157 Å². The summed E-state index contributed by atoms with van der Waals surface area (Å²) in [6.45, 7) is 4.07. The van der Waals surface area contributed by atoms with E-state index >= 15 is 0 Å². The smallest absolute Gasteiger partial charge is 0.225 e. The average Bonchev–Trinajstić information content (AvgIpc) is 3.21. The average molecular weight is 366 g/mol. The first kappa shape index (κ1) is 19.6. The first-order valence-corrected chi connectivity index (χ1v) is 10.4. The summed E-state index contributed by atoms with van der Waals surface area (Å²) in [6.07, 6.45) is 9.16. The number of piperidine rings is 2. The van der Waals surface area contributed by atoms with Crippen molar-refractivity contribution < 1.29 is 14.3 Å². The quantitative estimate of drug-likeness (QED) is 0.778. The monoisotopic (exact) mass is 365 g/mol. The van der Waals surface area contributed by atoms with Crippen LogP contribution in [0.2, 0.25) is 0 Å². The number of primary amides is 1. The number of carbonyl (C=O) groups excluding carboxylic acids is 2. The summed E-state index contributed by atoms with van der Waals surface area (Å²) in [5.74, 6) is 0.470.